The molecule has 1 fully saturated rings. The maximum absolute atomic E-state index is 12.4. The molecule has 1 aromatic heterocycles. The van der Waals surface area contributed by atoms with E-state index in [1.165, 1.54) is 0 Å². The molecule has 0 aliphatic carbocycles. The number of carbonyl (C=O) groups is 2. The highest BCUT2D eigenvalue weighted by Crippen LogP contribution is 2.16. The van der Waals surface area contributed by atoms with E-state index in [1.807, 2.05) is 4.90 Å². The van der Waals surface area contributed by atoms with Crippen LogP contribution in [0.25, 0.3) is 0 Å². The molecule has 0 spiro atoms. The van der Waals surface area contributed by atoms with Gasteiger partial charge in [0.05, 0.1) is 6.61 Å². The first-order valence-electron chi connectivity index (χ1n) is 8.63. The SMILES string of the molecule is CCOC(=O)N1CCN(c2nccc(C(=O)Nc3ccc(Cl)cc3)n2)CC1. The normalized spacial score (nSPS) is 14.0. The molecule has 2 amide bonds. The highest BCUT2D eigenvalue weighted by Gasteiger charge is 2.23. The van der Waals surface area contributed by atoms with Crippen molar-refractivity contribution in [1.82, 2.24) is 14.9 Å². The Hall–Kier alpha value is -2.87. The molecule has 2 heterocycles. The summed E-state index contributed by atoms with van der Waals surface area (Å²) in [5, 5.41) is 3.37. The van der Waals surface area contributed by atoms with E-state index in [1.54, 1.807) is 48.4 Å². The summed E-state index contributed by atoms with van der Waals surface area (Å²) in [6.45, 7) is 4.31. The average Bonchev–Trinajstić information content (AvgIpc) is 2.70. The summed E-state index contributed by atoms with van der Waals surface area (Å²) < 4.78 is 5.01. The smallest absolute Gasteiger partial charge is 0.409 e. The quantitative estimate of drug-likeness (QED) is 0.864. The number of ether oxygens (including phenoxy) is 1. The number of rotatable bonds is 4. The second-order valence-corrected chi connectivity index (χ2v) is 6.31. The number of benzene rings is 1. The van der Waals surface area contributed by atoms with Crippen molar-refractivity contribution in [2.45, 2.75) is 6.92 Å². The van der Waals surface area contributed by atoms with Crippen LogP contribution in [0.2, 0.25) is 5.02 Å². The van der Waals surface area contributed by atoms with Crippen molar-refractivity contribution in [3.05, 3.63) is 47.2 Å². The van der Waals surface area contributed by atoms with Gasteiger partial charge in [-0.25, -0.2) is 14.8 Å². The van der Waals surface area contributed by atoms with Crippen LogP contribution in [-0.4, -0.2) is 59.7 Å². The van der Waals surface area contributed by atoms with Crippen LogP contribution >= 0.6 is 11.6 Å². The first-order valence-corrected chi connectivity index (χ1v) is 9.01. The number of hydrogen-bond donors (Lipinski definition) is 1. The van der Waals surface area contributed by atoms with Crippen molar-refractivity contribution in [2.24, 2.45) is 0 Å². The number of nitrogens with one attached hydrogen (secondary N) is 1. The van der Waals surface area contributed by atoms with E-state index in [0.29, 0.717) is 49.4 Å². The fourth-order valence-corrected chi connectivity index (χ4v) is 2.79. The fourth-order valence-electron chi connectivity index (χ4n) is 2.66. The predicted molar refractivity (Wildman–Crippen MR) is 102 cm³/mol. The van der Waals surface area contributed by atoms with Gasteiger partial charge in [0.25, 0.3) is 5.91 Å². The maximum Gasteiger partial charge on any atom is 0.409 e. The molecule has 0 unspecified atom stereocenters. The van der Waals surface area contributed by atoms with Gasteiger partial charge >= 0.3 is 6.09 Å². The van der Waals surface area contributed by atoms with Crippen molar-refractivity contribution in [2.75, 3.05) is 43.0 Å². The number of anilines is 2. The minimum atomic E-state index is -0.328. The third-order valence-electron chi connectivity index (χ3n) is 4.07. The molecule has 9 heteroatoms. The van der Waals surface area contributed by atoms with Gasteiger partial charge in [-0.05, 0) is 37.3 Å². The highest BCUT2D eigenvalue weighted by molar-refractivity contribution is 6.30. The number of carbonyl (C=O) groups excluding carboxylic acids is 2. The van der Waals surface area contributed by atoms with Crippen LogP contribution in [0.15, 0.2) is 36.5 Å². The molecule has 2 aromatic rings. The van der Waals surface area contributed by atoms with Crippen molar-refractivity contribution < 1.29 is 14.3 Å². The lowest BCUT2D eigenvalue weighted by molar-refractivity contribution is 0.102. The third kappa shape index (κ3) is 4.85. The predicted octanol–water partition coefficient (Wildman–Crippen LogP) is 2.66. The van der Waals surface area contributed by atoms with Gasteiger partial charge in [0.1, 0.15) is 5.69 Å². The molecular weight excluding hydrogens is 370 g/mol. The van der Waals surface area contributed by atoms with Crippen LogP contribution < -0.4 is 10.2 Å². The Morgan fingerprint density at radius 2 is 1.85 bits per heavy atom. The summed E-state index contributed by atoms with van der Waals surface area (Å²) in [6.07, 6.45) is 1.24. The van der Waals surface area contributed by atoms with Crippen molar-refractivity contribution >= 4 is 35.2 Å². The molecule has 3 rings (SSSR count). The average molecular weight is 390 g/mol. The zero-order chi connectivity index (χ0) is 19.2. The summed E-state index contributed by atoms with van der Waals surface area (Å²) in [5.74, 6) is 0.133. The van der Waals surface area contributed by atoms with Gasteiger partial charge in [0, 0.05) is 43.1 Å². The van der Waals surface area contributed by atoms with Crippen LogP contribution in [0, 0.1) is 0 Å². The largest absolute Gasteiger partial charge is 0.450 e. The summed E-state index contributed by atoms with van der Waals surface area (Å²) in [4.78, 5) is 36.4. The van der Waals surface area contributed by atoms with E-state index in [2.05, 4.69) is 15.3 Å². The molecule has 8 nitrogen and oxygen atoms in total. The van der Waals surface area contributed by atoms with Crippen molar-refractivity contribution in [3.63, 3.8) is 0 Å². The van der Waals surface area contributed by atoms with Gasteiger partial charge in [-0.3, -0.25) is 4.79 Å². The molecule has 0 saturated carbocycles. The Kier molecular flexibility index (Phi) is 6.08. The Bertz CT molecular complexity index is 807. The van der Waals surface area contributed by atoms with Gasteiger partial charge in [-0.2, -0.15) is 0 Å². The van der Waals surface area contributed by atoms with E-state index in [9.17, 15) is 9.59 Å². The van der Waals surface area contributed by atoms with Gasteiger partial charge < -0.3 is 19.9 Å². The van der Waals surface area contributed by atoms with Gasteiger partial charge in [0.15, 0.2) is 0 Å². The Labute approximate surface area is 162 Å². The molecular formula is C18H20ClN5O3. The van der Waals surface area contributed by atoms with E-state index < -0.39 is 0 Å². The van der Waals surface area contributed by atoms with Crippen LogP contribution in [0.3, 0.4) is 0 Å². The molecule has 142 valence electrons. The standard InChI is InChI=1S/C18H20ClN5O3/c1-2-27-18(26)24-11-9-23(10-12-24)17-20-8-7-15(22-17)16(25)21-14-5-3-13(19)4-6-14/h3-8H,2,9-12H2,1H3,(H,21,25). The summed E-state index contributed by atoms with van der Waals surface area (Å²) in [7, 11) is 0. The number of halogens is 1. The van der Waals surface area contributed by atoms with Crippen molar-refractivity contribution in [3.8, 4) is 0 Å². The highest BCUT2D eigenvalue weighted by atomic mass is 35.5. The molecule has 0 atom stereocenters. The summed E-state index contributed by atoms with van der Waals surface area (Å²) in [6, 6.07) is 8.40. The van der Waals surface area contributed by atoms with E-state index in [4.69, 9.17) is 16.3 Å². The number of amides is 2. The van der Waals surface area contributed by atoms with Crippen LogP contribution in [0.5, 0.6) is 0 Å². The topological polar surface area (TPSA) is 87.7 Å². The zero-order valence-corrected chi connectivity index (χ0v) is 15.6. The molecule has 1 aromatic carbocycles. The number of nitrogens with zero attached hydrogens (tertiary/aromatic N) is 4. The second-order valence-electron chi connectivity index (χ2n) is 5.88. The number of piperazine rings is 1. The number of aromatic nitrogens is 2. The molecule has 1 saturated heterocycles. The van der Waals surface area contributed by atoms with Crippen LogP contribution in [0.1, 0.15) is 17.4 Å². The lowest BCUT2D eigenvalue weighted by Gasteiger charge is -2.34. The molecule has 0 bridgehead atoms. The monoisotopic (exact) mass is 389 g/mol. The van der Waals surface area contributed by atoms with E-state index in [0.717, 1.165) is 0 Å². The minimum Gasteiger partial charge on any atom is -0.450 e. The first-order chi connectivity index (χ1) is 13.1. The third-order valence-corrected chi connectivity index (χ3v) is 4.32. The Balaban J connectivity index is 1.63. The van der Waals surface area contributed by atoms with Crippen LogP contribution in [-0.2, 0) is 4.74 Å². The molecule has 27 heavy (non-hydrogen) atoms. The summed E-state index contributed by atoms with van der Waals surface area (Å²) >= 11 is 5.85. The molecule has 1 aliphatic heterocycles. The van der Waals surface area contributed by atoms with Crippen LogP contribution in [0.4, 0.5) is 16.4 Å². The Morgan fingerprint density at radius 3 is 2.52 bits per heavy atom. The molecule has 0 radical (unpaired) electrons. The minimum absolute atomic E-state index is 0.266. The second kappa shape index (κ2) is 8.68. The Morgan fingerprint density at radius 1 is 1.15 bits per heavy atom. The molecule has 1 N–H and O–H groups in total. The fraction of sp³-hybridized carbons (Fsp3) is 0.333. The first kappa shape index (κ1) is 18.9. The number of hydrogen-bond acceptors (Lipinski definition) is 6. The van der Waals surface area contributed by atoms with Gasteiger partial charge in [-0.1, -0.05) is 11.6 Å². The summed E-state index contributed by atoms with van der Waals surface area (Å²) in [5.41, 5.74) is 0.899. The molecule has 1 aliphatic rings. The maximum atomic E-state index is 12.4. The lowest BCUT2D eigenvalue weighted by Crippen LogP contribution is -2.49. The van der Waals surface area contributed by atoms with Crippen molar-refractivity contribution in [1.29, 1.82) is 0 Å². The van der Waals surface area contributed by atoms with E-state index in [-0.39, 0.29) is 17.7 Å². The van der Waals surface area contributed by atoms with E-state index >= 15 is 0 Å². The van der Waals surface area contributed by atoms with Gasteiger partial charge in [0.2, 0.25) is 5.95 Å². The zero-order valence-electron chi connectivity index (χ0n) is 14.9. The van der Waals surface area contributed by atoms with Gasteiger partial charge in [-0.15, -0.1) is 0 Å². The lowest BCUT2D eigenvalue weighted by atomic mass is 10.3.